The van der Waals surface area contributed by atoms with Crippen molar-refractivity contribution in [1.29, 1.82) is 0 Å². The lowest BCUT2D eigenvalue weighted by atomic mass is 9.76. The molecule has 0 aliphatic rings. The Morgan fingerprint density at radius 1 is 1.19 bits per heavy atom. The van der Waals surface area contributed by atoms with Gasteiger partial charge in [0.1, 0.15) is 0 Å². The minimum Gasteiger partial charge on any atom is -0.481 e. The highest BCUT2D eigenvalue weighted by Gasteiger charge is 2.24. The third-order valence-electron chi connectivity index (χ3n) is 3.51. The van der Waals surface area contributed by atoms with Crippen LogP contribution in [0.3, 0.4) is 0 Å². The second-order valence-corrected chi connectivity index (χ2v) is 6.30. The second kappa shape index (κ2) is 10.6. The number of carbonyl (C=O) groups is 2. The molecule has 0 aliphatic heterocycles. The van der Waals surface area contributed by atoms with Gasteiger partial charge in [-0.1, -0.05) is 20.8 Å². The number of carboxylic acids is 1. The molecule has 6 nitrogen and oxygen atoms in total. The summed E-state index contributed by atoms with van der Waals surface area (Å²) in [5, 5.41) is 14.6. The smallest absolute Gasteiger partial charge is 0.303 e. The van der Waals surface area contributed by atoms with E-state index in [0.29, 0.717) is 26.1 Å². The van der Waals surface area contributed by atoms with E-state index in [9.17, 15) is 9.59 Å². The number of ether oxygens (including phenoxy) is 1. The van der Waals surface area contributed by atoms with Gasteiger partial charge in [0.15, 0.2) is 0 Å². The molecule has 0 saturated carbocycles. The Kier molecular flexibility index (Phi) is 9.99. The number of carbonyl (C=O) groups excluding carboxylic acids is 1. The SMILES string of the molecule is COCCNCC(=O)NCCC(CCC(=O)O)C(C)(C)C. The second-order valence-electron chi connectivity index (χ2n) is 6.30. The van der Waals surface area contributed by atoms with Crippen molar-refractivity contribution in [3.63, 3.8) is 0 Å². The zero-order valence-electron chi connectivity index (χ0n) is 13.7. The van der Waals surface area contributed by atoms with E-state index in [2.05, 4.69) is 31.4 Å². The molecule has 21 heavy (non-hydrogen) atoms. The zero-order valence-corrected chi connectivity index (χ0v) is 13.7. The predicted octanol–water partition coefficient (Wildman–Crippen LogP) is 1.26. The van der Waals surface area contributed by atoms with Gasteiger partial charge in [-0.3, -0.25) is 9.59 Å². The summed E-state index contributed by atoms with van der Waals surface area (Å²) < 4.78 is 4.88. The van der Waals surface area contributed by atoms with Gasteiger partial charge in [-0.25, -0.2) is 0 Å². The Morgan fingerprint density at radius 3 is 2.38 bits per heavy atom. The molecule has 0 radical (unpaired) electrons. The summed E-state index contributed by atoms with van der Waals surface area (Å²) in [4.78, 5) is 22.3. The maximum Gasteiger partial charge on any atom is 0.303 e. The van der Waals surface area contributed by atoms with Crippen LogP contribution in [-0.4, -0.2) is 50.3 Å². The molecule has 6 heteroatoms. The Bertz CT molecular complexity index is 313. The fourth-order valence-electron chi connectivity index (χ4n) is 2.13. The van der Waals surface area contributed by atoms with Crippen molar-refractivity contribution < 1.29 is 19.4 Å². The first-order chi connectivity index (χ1) is 9.77. The molecule has 0 aliphatic carbocycles. The number of methoxy groups -OCH3 is 1. The Hall–Kier alpha value is -1.14. The normalized spacial score (nSPS) is 13.0. The molecule has 0 spiro atoms. The molecule has 1 amide bonds. The third kappa shape index (κ3) is 11.2. The van der Waals surface area contributed by atoms with Gasteiger partial charge >= 0.3 is 5.97 Å². The highest BCUT2D eigenvalue weighted by molar-refractivity contribution is 5.77. The molecule has 1 atom stereocenters. The van der Waals surface area contributed by atoms with Crippen LogP contribution < -0.4 is 10.6 Å². The van der Waals surface area contributed by atoms with Crippen molar-refractivity contribution in [2.75, 3.05) is 33.4 Å². The molecule has 1 unspecified atom stereocenters. The van der Waals surface area contributed by atoms with Crippen molar-refractivity contribution >= 4 is 11.9 Å². The number of amides is 1. The maximum atomic E-state index is 11.6. The van der Waals surface area contributed by atoms with E-state index in [-0.39, 0.29) is 30.2 Å². The summed E-state index contributed by atoms with van der Waals surface area (Å²) in [5.41, 5.74) is 0.0386. The lowest BCUT2D eigenvalue weighted by Gasteiger charge is -2.30. The number of rotatable bonds is 11. The predicted molar refractivity (Wildman–Crippen MR) is 82.2 cm³/mol. The number of aliphatic carboxylic acids is 1. The summed E-state index contributed by atoms with van der Waals surface area (Å²) in [6.45, 7) is 8.39. The van der Waals surface area contributed by atoms with Gasteiger partial charge < -0.3 is 20.5 Å². The van der Waals surface area contributed by atoms with Gasteiger partial charge in [-0.15, -0.1) is 0 Å². The van der Waals surface area contributed by atoms with E-state index >= 15 is 0 Å². The van der Waals surface area contributed by atoms with E-state index < -0.39 is 5.97 Å². The third-order valence-corrected chi connectivity index (χ3v) is 3.51. The Labute approximate surface area is 127 Å². The van der Waals surface area contributed by atoms with Crippen LogP contribution in [0.2, 0.25) is 0 Å². The van der Waals surface area contributed by atoms with Crippen LogP contribution in [-0.2, 0) is 14.3 Å². The van der Waals surface area contributed by atoms with Gasteiger partial charge in [0.05, 0.1) is 13.2 Å². The van der Waals surface area contributed by atoms with Crippen LogP contribution in [0.25, 0.3) is 0 Å². The number of hydrogen-bond donors (Lipinski definition) is 3. The standard InChI is InChI=1S/C15H30N2O4/c1-15(2,3)12(5-6-14(19)20)7-8-17-13(18)11-16-9-10-21-4/h12,16H,5-11H2,1-4H3,(H,17,18)(H,19,20). The van der Waals surface area contributed by atoms with E-state index in [1.807, 2.05) is 0 Å². The lowest BCUT2D eigenvalue weighted by Crippen LogP contribution is -2.37. The van der Waals surface area contributed by atoms with Crippen LogP contribution in [0.5, 0.6) is 0 Å². The van der Waals surface area contributed by atoms with Gasteiger partial charge in [0.2, 0.25) is 5.91 Å². The highest BCUT2D eigenvalue weighted by Crippen LogP contribution is 2.32. The Balaban J connectivity index is 3.96. The molecule has 3 N–H and O–H groups in total. The van der Waals surface area contributed by atoms with Crippen LogP contribution in [0, 0.1) is 11.3 Å². The summed E-state index contributed by atoms with van der Waals surface area (Å²) in [7, 11) is 1.62. The topological polar surface area (TPSA) is 87.7 Å². The van der Waals surface area contributed by atoms with E-state index in [0.717, 1.165) is 6.42 Å². The van der Waals surface area contributed by atoms with Crippen molar-refractivity contribution in [3.05, 3.63) is 0 Å². The van der Waals surface area contributed by atoms with Crippen molar-refractivity contribution in [2.24, 2.45) is 11.3 Å². The molecule has 0 rings (SSSR count). The number of hydrogen-bond acceptors (Lipinski definition) is 4. The average molecular weight is 302 g/mol. The molecule has 0 aromatic carbocycles. The number of carboxylic acid groups (broad SMARTS) is 1. The summed E-state index contributed by atoms with van der Waals surface area (Å²) in [6.07, 6.45) is 1.61. The average Bonchev–Trinajstić information content (AvgIpc) is 2.37. The summed E-state index contributed by atoms with van der Waals surface area (Å²) >= 11 is 0. The van der Waals surface area contributed by atoms with E-state index in [1.54, 1.807) is 7.11 Å². The fourth-order valence-corrected chi connectivity index (χ4v) is 2.13. The first-order valence-electron chi connectivity index (χ1n) is 7.45. The van der Waals surface area contributed by atoms with Gasteiger partial charge in [-0.2, -0.15) is 0 Å². The van der Waals surface area contributed by atoms with Crippen LogP contribution in [0.15, 0.2) is 0 Å². The summed E-state index contributed by atoms with van der Waals surface area (Å²) in [5.74, 6) is -0.539. The first kappa shape index (κ1) is 19.9. The van der Waals surface area contributed by atoms with Crippen LogP contribution in [0.1, 0.15) is 40.0 Å². The van der Waals surface area contributed by atoms with Crippen molar-refractivity contribution in [3.8, 4) is 0 Å². The first-order valence-corrected chi connectivity index (χ1v) is 7.45. The summed E-state index contributed by atoms with van der Waals surface area (Å²) in [6, 6.07) is 0. The van der Waals surface area contributed by atoms with E-state index in [4.69, 9.17) is 9.84 Å². The molecule has 0 heterocycles. The van der Waals surface area contributed by atoms with Crippen molar-refractivity contribution in [1.82, 2.24) is 10.6 Å². The molecule has 0 saturated heterocycles. The van der Waals surface area contributed by atoms with Crippen LogP contribution >= 0.6 is 0 Å². The molecular weight excluding hydrogens is 272 g/mol. The Morgan fingerprint density at radius 2 is 1.86 bits per heavy atom. The monoisotopic (exact) mass is 302 g/mol. The zero-order chi connectivity index (χ0) is 16.3. The van der Waals surface area contributed by atoms with Crippen LogP contribution in [0.4, 0.5) is 0 Å². The quantitative estimate of drug-likeness (QED) is 0.500. The largest absolute Gasteiger partial charge is 0.481 e. The minimum absolute atomic E-state index is 0.0386. The van der Waals surface area contributed by atoms with Gasteiger partial charge in [-0.05, 0) is 24.2 Å². The molecule has 0 aromatic heterocycles. The minimum atomic E-state index is -0.768. The maximum absolute atomic E-state index is 11.6. The molecule has 124 valence electrons. The lowest BCUT2D eigenvalue weighted by molar-refractivity contribution is -0.137. The fraction of sp³-hybridized carbons (Fsp3) is 0.867. The molecule has 0 fully saturated rings. The molecule has 0 bridgehead atoms. The molecule has 0 aromatic rings. The van der Waals surface area contributed by atoms with Gasteiger partial charge in [0, 0.05) is 26.6 Å². The molecular formula is C15H30N2O4. The van der Waals surface area contributed by atoms with E-state index in [1.165, 1.54) is 0 Å². The van der Waals surface area contributed by atoms with Gasteiger partial charge in [0.25, 0.3) is 0 Å². The number of nitrogens with one attached hydrogen (secondary N) is 2. The van der Waals surface area contributed by atoms with Crippen molar-refractivity contribution in [2.45, 2.75) is 40.0 Å². The highest BCUT2D eigenvalue weighted by atomic mass is 16.5.